The lowest BCUT2D eigenvalue weighted by Gasteiger charge is -2.13. The van der Waals surface area contributed by atoms with Crippen molar-refractivity contribution in [3.63, 3.8) is 0 Å². The summed E-state index contributed by atoms with van der Waals surface area (Å²) in [6.07, 6.45) is 0. The lowest BCUT2D eigenvalue weighted by atomic mass is 9.98. The third-order valence-corrected chi connectivity index (χ3v) is 4.74. The maximum Gasteiger partial charge on any atom is 0.267 e. The van der Waals surface area contributed by atoms with E-state index in [1.165, 1.54) is 11.3 Å². The molecule has 126 valence electrons. The summed E-state index contributed by atoms with van der Waals surface area (Å²) in [7, 11) is 1.57. The van der Waals surface area contributed by atoms with Crippen LogP contribution in [0.25, 0.3) is 0 Å². The summed E-state index contributed by atoms with van der Waals surface area (Å²) in [5.74, 6) is 0.436. The number of hydrogen-bond acceptors (Lipinski definition) is 5. The first-order valence-electron chi connectivity index (χ1n) is 6.95. The molecule has 5 nitrogen and oxygen atoms in total. The largest absolute Gasteiger partial charge is 0.497 e. The highest BCUT2D eigenvalue weighted by Crippen LogP contribution is 2.31. The number of thiazole rings is 1. The number of aromatic nitrogens is 1. The Hall–Kier alpha value is -1.79. The molecule has 7 heteroatoms. The number of hydrogen-bond donors (Lipinski definition) is 2. The molecule has 1 heterocycles. The molecular formula is C16H22ClN3O2S. The minimum Gasteiger partial charge on any atom is -0.497 e. The summed E-state index contributed by atoms with van der Waals surface area (Å²) in [5, 5.41) is 3.77. The van der Waals surface area contributed by atoms with Crippen molar-refractivity contribution in [2.45, 2.75) is 33.1 Å². The molecule has 0 bridgehead atoms. The molecule has 1 aromatic heterocycles. The minimum absolute atomic E-state index is 0. The van der Waals surface area contributed by atoms with E-state index in [0.717, 1.165) is 10.7 Å². The molecular weight excluding hydrogens is 334 g/mol. The molecule has 0 atom stereocenters. The zero-order valence-corrected chi connectivity index (χ0v) is 15.5. The monoisotopic (exact) mass is 355 g/mol. The number of rotatable bonds is 3. The van der Waals surface area contributed by atoms with Crippen LogP contribution in [0.1, 0.15) is 41.1 Å². The van der Waals surface area contributed by atoms with Crippen LogP contribution in [0.3, 0.4) is 0 Å². The molecule has 0 saturated carbocycles. The van der Waals surface area contributed by atoms with E-state index in [4.69, 9.17) is 10.5 Å². The zero-order valence-electron chi connectivity index (χ0n) is 13.9. The van der Waals surface area contributed by atoms with Gasteiger partial charge >= 0.3 is 0 Å². The molecule has 1 amide bonds. The summed E-state index contributed by atoms with van der Waals surface area (Å²) >= 11 is 1.41. The molecule has 2 aromatic rings. The van der Waals surface area contributed by atoms with Gasteiger partial charge in [-0.25, -0.2) is 4.98 Å². The van der Waals surface area contributed by atoms with Crippen LogP contribution in [-0.4, -0.2) is 18.0 Å². The highest BCUT2D eigenvalue weighted by molar-refractivity contribution is 7.14. The maximum absolute atomic E-state index is 12.5. The van der Waals surface area contributed by atoms with Crippen molar-refractivity contribution in [1.82, 2.24) is 4.98 Å². The fraction of sp³-hybridized carbons (Fsp3) is 0.375. The molecule has 0 spiro atoms. The highest BCUT2D eigenvalue weighted by atomic mass is 35.5. The van der Waals surface area contributed by atoms with E-state index in [9.17, 15) is 4.79 Å². The number of amides is 1. The topological polar surface area (TPSA) is 77.2 Å². The van der Waals surface area contributed by atoms with E-state index in [1.807, 2.05) is 6.92 Å². The van der Waals surface area contributed by atoms with E-state index in [1.54, 1.807) is 25.3 Å². The second-order valence-electron chi connectivity index (χ2n) is 6.09. The Balaban J connectivity index is 0.00000264. The average molecular weight is 356 g/mol. The lowest BCUT2D eigenvalue weighted by Crippen LogP contribution is -2.13. The van der Waals surface area contributed by atoms with Gasteiger partial charge in [0.15, 0.2) is 0 Å². The number of nitrogens with one attached hydrogen (secondary N) is 1. The van der Waals surface area contributed by atoms with Crippen molar-refractivity contribution < 1.29 is 9.53 Å². The first-order chi connectivity index (χ1) is 10.2. The number of benzene rings is 1. The third-order valence-electron chi connectivity index (χ3n) is 3.15. The molecule has 23 heavy (non-hydrogen) atoms. The molecule has 0 aliphatic carbocycles. The second kappa shape index (κ2) is 7.19. The van der Waals surface area contributed by atoms with Gasteiger partial charge in [0, 0.05) is 11.5 Å². The number of carbonyl (C=O) groups excluding carboxylic acids is 1. The third kappa shape index (κ3) is 4.36. The van der Waals surface area contributed by atoms with E-state index >= 15 is 0 Å². The van der Waals surface area contributed by atoms with E-state index < -0.39 is 0 Å². The normalized spacial score (nSPS) is 10.8. The number of halogens is 1. The molecule has 0 unspecified atom stereocenters. The van der Waals surface area contributed by atoms with Crippen molar-refractivity contribution in [2.24, 2.45) is 0 Å². The molecule has 0 radical (unpaired) electrons. The van der Waals surface area contributed by atoms with Crippen LogP contribution in [0, 0.1) is 6.92 Å². The Morgan fingerprint density at radius 2 is 2.00 bits per heavy atom. The minimum atomic E-state index is -0.203. The Morgan fingerprint density at radius 3 is 2.52 bits per heavy atom. The van der Waals surface area contributed by atoms with E-state index in [-0.39, 0.29) is 23.7 Å². The van der Waals surface area contributed by atoms with Gasteiger partial charge in [0.25, 0.3) is 5.91 Å². The van der Waals surface area contributed by atoms with Crippen molar-refractivity contribution >= 4 is 41.0 Å². The average Bonchev–Trinajstić information content (AvgIpc) is 2.83. The van der Waals surface area contributed by atoms with Crippen LogP contribution in [0.4, 0.5) is 11.4 Å². The van der Waals surface area contributed by atoms with Crippen LogP contribution >= 0.6 is 23.7 Å². The maximum atomic E-state index is 12.5. The smallest absolute Gasteiger partial charge is 0.267 e. The van der Waals surface area contributed by atoms with Gasteiger partial charge in [-0.15, -0.1) is 23.7 Å². The quantitative estimate of drug-likeness (QED) is 0.815. The lowest BCUT2D eigenvalue weighted by molar-refractivity contribution is 0.103. The van der Waals surface area contributed by atoms with Gasteiger partial charge in [0.1, 0.15) is 10.6 Å². The number of aryl methyl sites for hydroxylation is 1. The van der Waals surface area contributed by atoms with Crippen molar-refractivity contribution in [3.8, 4) is 5.75 Å². The number of methoxy groups -OCH3 is 1. The Bertz CT molecular complexity index is 708. The van der Waals surface area contributed by atoms with Crippen LogP contribution in [0.2, 0.25) is 0 Å². The first kappa shape index (κ1) is 19.3. The van der Waals surface area contributed by atoms with Crippen LogP contribution in [0.15, 0.2) is 18.2 Å². The van der Waals surface area contributed by atoms with E-state index in [0.29, 0.717) is 22.0 Å². The number of nitrogens with two attached hydrogens (primary N) is 1. The molecule has 2 rings (SSSR count). The zero-order chi connectivity index (χ0) is 16.5. The van der Waals surface area contributed by atoms with Gasteiger partial charge < -0.3 is 15.8 Å². The fourth-order valence-electron chi connectivity index (χ4n) is 1.88. The second-order valence-corrected chi connectivity index (χ2v) is 7.09. The summed E-state index contributed by atoms with van der Waals surface area (Å²) in [5.41, 5.74) is 7.58. The SMILES string of the molecule is COc1ccc(N)c(NC(=O)c2sc(C(C)(C)C)nc2C)c1.Cl. The number of nitrogen functional groups attached to an aromatic ring is 1. The van der Waals surface area contributed by atoms with Gasteiger partial charge in [-0.1, -0.05) is 20.8 Å². The van der Waals surface area contributed by atoms with Crippen LogP contribution < -0.4 is 15.8 Å². The van der Waals surface area contributed by atoms with Crippen LogP contribution in [-0.2, 0) is 5.41 Å². The van der Waals surface area contributed by atoms with Gasteiger partial charge in [-0.05, 0) is 19.1 Å². The molecule has 0 aliphatic rings. The fourth-order valence-corrected chi connectivity index (χ4v) is 2.90. The molecule has 0 fully saturated rings. The van der Waals surface area contributed by atoms with Gasteiger partial charge in [0.05, 0.1) is 29.2 Å². The summed E-state index contributed by atoms with van der Waals surface area (Å²) < 4.78 is 5.15. The van der Waals surface area contributed by atoms with Crippen molar-refractivity contribution in [1.29, 1.82) is 0 Å². The van der Waals surface area contributed by atoms with Crippen molar-refractivity contribution in [2.75, 3.05) is 18.2 Å². The molecule has 0 aliphatic heterocycles. The number of anilines is 2. The Morgan fingerprint density at radius 1 is 1.35 bits per heavy atom. The predicted molar refractivity (Wildman–Crippen MR) is 98.2 cm³/mol. The number of nitrogens with zero attached hydrogens (tertiary/aromatic N) is 1. The standard InChI is InChI=1S/C16H21N3O2S.ClH/c1-9-13(22-15(18-9)16(2,3)4)14(20)19-12-8-10(21-5)6-7-11(12)17;/h6-8H,17H2,1-5H3,(H,19,20);1H. The van der Waals surface area contributed by atoms with Crippen molar-refractivity contribution in [3.05, 3.63) is 33.8 Å². The molecule has 3 N–H and O–H groups in total. The molecule has 0 saturated heterocycles. The van der Waals surface area contributed by atoms with Gasteiger partial charge in [-0.2, -0.15) is 0 Å². The van der Waals surface area contributed by atoms with E-state index in [2.05, 4.69) is 31.1 Å². The van der Waals surface area contributed by atoms with Crippen LogP contribution in [0.5, 0.6) is 5.75 Å². The first-order valence-corrected chi connectivity index (χ1v) is 7.77. The highest BCUT2D eigenvalue weighted by Gasteiger charge is 2.23. The number of ether oxygens (including phenoxy) is 1. The summed E-state index contributed by atoms with van der Waals surface area (Å²) in [4.78, 5) is 17.6. The van der Waals surface area contributed by atoms with Gasteiger partial charge in [-0.3, -0.25) is 4.79 Å². The van der Waals surface area contributed by atoms with Gasteiger partial charge in [0.2, 0.25) is 0 Å². The Labute approximate surface area is 146 Å². The number of carbonyl (C=O) groups is 1. The Kier molecular flexibility index (Phi) is 6.02. The molecule has 1 aromatic carbocycles. The summed E-state index contributed by atoms with van der Waals surface area (Å²) in [6.45, 7) is 8.07. The summed E-state index contributed by atoms with van der Waals surface area (Å²) in [6, 6.07) is 5.16. The predicted octanol–water partition coefficient (Wildman–Crippen LogP) is 4.01.